The zero-order chi connectivity index (χ0) is 13.1. The number of nitrogens with zero attached hydrogens (tertiary/aromatic N) is 3. The summed E-state index contributed by atoms with van der Waals surface area (Å²) in [5.74, 6) is 0.964. The van der Waals surface area contributed by atoms with Gasteiger partial charge >= 0.3 is 0 Å². The smallest absolute Gasteiger partial charge is 0.134 e. The van der Waals surface area contributed by atoms with Gasteiger partial charge in [0, 0.05) is 35.9 Å². The lowest BCUT2D eigenvalue weighted by Crippen LogP contribution is -2.09. The highest BCUT2D eigenvalue weighted by atomic mass is 79.9. The second kappa shape index (κ2) is 5.39. The van der Waals surface area contributed by atoms with E-state index in [9.17, 15) is 0 Å². The number of nitrogen functional groups attached to an aromatic ring is 1. The number of hydrogen-bond acceptors (Lipinski definition) is 4. The van der Waals surface area contributed by atoms with Gasteiger partial charge < -0.3 is 15.6 Å². The van der Waals surface area contributed by atoms with Crippen molar-refractivity contribution in [3.8, 4) is 0 Å². The molecule has 6 heteroatoms. The minimum atomic E-state index is 0.792. The molecule has 1 aromatic heterocycles. The van der Waals surface area contributed by atoms with E-state index in [2.05, 4.69) is 31.4 Å². The molecule has 0 radical (unpaired) electrons. The zero-order valence-corrected chi connectivity index (χ0v) is 12.0. The van der Waals surface area contributed by atoms with E-state index < -0.39 is 0 Å². The lowest BCUT2D eigenvalue weighted by atomic mass is 10.2. The molecular weight excluding hydrogens is 294 g/mol. The number of benzene rings is 1. The Kier molecular flexibility index (Phi) is 3.86. The second-order valence-corrected chi connectivity index (χ2v) is 5.08. The van der Waals surface area contributed by atoms with E-state index in [1.54, 1.807) is 6.33 Å². The lowest BCUT2D eigenvalue weighted by molar-refractivity contribution is 0.788. The van der Waals surface area contributed by atoms with E-state index in [0.717, 1.165) is 40.2 Å². The topological polar surface area (TPSA) is 68.8 Å². The number of nitrogens with one attached hydrogen (secondary N) is 1. The molecule has 18 heavy (non-hydrogen) atoms. The number of rotatable bonds is 4. The summed E-state index contributed by atoms with van der Waals surface area (Å²) in [5.41, 5.74) is 8.74. The summed E-state index contributed by atoms with van der Waals surface area (Å²) in [6, 6.07) is 3.95. The van der Waals surface area contributed by atoms with Crippen molar-refractivity contribution in [3.05, 3.63) is 34.3 Å². The standard InChI is InChI=1S/C12H16BrN5/c1-8-5-11(9(13)6-10(8)14)15-4-3-12-17-16-7-18(12)2/h5-7,15H,3-4,14H2,1-2H3. The number of hydrogen-bond donors (Lipinski definition) is 2. The summed E-state index contributed by atoms with van der Waals surface area (Å²) < 4.78 is 2.90. The predicted molar refractivity (Wildman–Crippen MR) is 76.5 cm³/mol. The molecule has 0 bridgehead atoms. The molecule has 1 heterocycles. The van der Waals surface area contributed by atoms with E-state index in [4.69, 9.17) is 5.73 Å². The van der Waals surface area contributed by atoms with Crippen molar-refractivity contribution in [2.45, 2.75) is 13.3 Å². The zero-order valence-electron chi connectivity index (χ0n) is 10.4. The molecule has 96 valence electrons. The van der Waals surface area contributed by atoms with Crippen LogP contribution in [-0.2, 0) is 13.5 Å². The summed E-state index contributed by atoms with van der Waals surface area (Å²) in [6.07, 6.45) is 2.53. The minimum absolute atomic E-state index is 0.792. The average molecular weight is 310 g/mol. The van der Waals surface area contributed by atoms with Crippen LogP contribution in [0.2, 0.25) is 0 Å². The molecule has 0 amide bonds. The molecular formula is C12H16BrN5. The fourth-order valence-corrected chi connectivity index (χ4v) is 2.18. The molecule has 0 saturated carbocycles. The van der Waals surface area contributed by atoms with Crippen molar-refractivity contribution < 1.29 is 0 Å². The number of nitrogens with two attached hydrogens (primary N) is 1. The summed E-state index contributed by atoms with van der Waals surface area (Å²) >= 11 is 3.50. The number of halogens is 1. The monoisotopic (exact) mass is 309 g/mol. The van der Waals surface area contributed by atoms with Gasteiger partial charge in [0.05, 0.1) is 0 Å². The van der Waals surface area contributed by atoms with E-state index in [1.807, 2.05) is 30.7 Å². The number of anilines is 2. The molecule has 2 rings (SSSR count). The Labute approximate surface area is 115 Å². The van der Waals surface area contributed by atoms with Crippen LogP contribution < -0.4 is 11.1 Å². The van der Waals surface area contributed by atoms with E-state index in [-0.39, 0.29) is 0 Å². The quantitative estimate of drug-likeness (QED) is 0.849. The molecule has 5 nitrogen and oxygen atoms in total. The first-order valence-corrected chi connectivity index (χ1v) is 6.49. The Morgan fingerprint density at radius 1 is 1.44 bits per heavy atom. The van der Waals surface area contributed by atoms with E-state index >= 15 is 0 Å². The Bertz CT molecular complexity index is 549. The van der Waals surface area contributed by atoms with Crippen LogP contribution in [0.25, 0.3) is 0 Å². The van der Waals surface area contributed by atoms with Gasteiger partial charge in [-0.3, -0.25) is 0 Å². The highest BCUT2D eigenvalue weighted by Gasteiger charge is 2.04. The molecule has 3 N–H and O–H groups in total. The van der Waals surface area contributed by atoms with Crippen LogP contribution >= 0.6 is 15.9 Å². The predicted octanol–water partition coefficient (Wildman–Crippen LogP) is 2.12. The lowest BCUT2D eigenvalue weighted by Gasteiger charge is -2.11. The van der Waals surface area contributed by atoms with Gasteiger partial charge in [0.25, 0.3) is 0 Å². The first kappa shape index (κ1) is 12.9. The molecule has 0 fully saturated rings. The van der Waals surface area contributed by atoms with Crippen LogP contribution in [0.15, 0.2) is 22.9 Å². The van der Waals surface area contributed by atoms with Crippen molar-refractivity contribution in [2.75, 3.05) is 17.6 Å². The highest BCUT2D eigenvalue weighted by Crippen LogP contribution is 2.27. The Morgan fingerprint density at radius 3 is 2.89 bits per heavy atom. The fourth-order valence-electron chi connectivity index (χ4n) is 1.67. The van der Waals surface area contributed by atoms with Gasteiger partial charge in [-0.05, 0) is 40.5 Å². The summed E-state index contributed by atoms with van der Waals surface area (Å²) in [6.45, 7) is 2.80. The van der Waals surface area contributed by atoms with Crippen molar-refractivity contribution in [1.82, 2.24) is 14.8 Å². The Morgan fingerprint density at radius 2 is 2.22 bits per heavy atom. The van der Waals surface area contributed by atoms with Crippen LogP contribution in [0.1, 0.15) is 11.4 Å². The van der Waals surface area contributed by atoms with E-state index in [1.165, 1.54) is 0 Å². The third kappa shape index (κ3) is 2.81. The molecule has 2 aromatic rings. The van der Waals surface area contributed by atoms with Gasteiger partial charge in [-0.2, -0.15) is 0 Å². The van der Waals surface area contributed by atoms with Gasteiger partial charge in [0.15, 0.2) is 0 Å². The van der Waals surface area contributed by atoms with Crippen LogP contribution in [-0.4, -0.2) is 21.3 Å². The Balaban J connectivity index is 1.99. The van der Waals surface area contributed by atoms with Crippen molar-refractivity contribution >= 4 is 27.3 Å². The number of aryl methyl sites for hydroxylation is 2. The van der Waals surface area contributed by atoms with Crippen molar-refractivity contribution in [3.63, 3.8) is 0 Å². The molecule has 1 aromatic carbocycles. The molecule has 0 aliphatic rings. The number of aromatic nitrogens is 3. The first-order chi connectivity index (χ1) is 8.58. The summed E-state index contributed by atoms with van der Waals surface area (Å²) in [7, 11) is 1.94. The molecule has 0 saturated heterocycles. The molecule has 0 atom stereocenters. The van der Waals surface area contributed by atoms with Gasteiger partial charge in [0.2, 0.25) is 0 Å². The maximum atomic E-state index is 5.84. The van der Waals surface area contributed by atoms with Crippen LogP contribution in [0.5, 0.6) is 0 Å². The Hall–Kier alpha value is -1.56. The van der Waals surface area contributed by atoms with Crippen molar-refractivity contribution in [1.29, 1.82) is 0 Å². The van der Waals surface area contributed by atoms with Gasteiger partial charge in [-0.1, -0.05) is 0 Å². The van der Waals surface area contributed by atoms with E-state index in [0.29, 0.717) is 0 Å². The van der Waals surface area contributed by atoms with Crippen LogP contribution in [0.4, 0.5) is 11.4 Å². The molecule has 0 aliphatic carbocycles. The second-order valence-electron chi connectivity index (χ2n) is 4.22. The minimum Gasteiger partial charge on any atom is -0.398 e. The molecule has 0 aliphatic heterocycles. The molecule has 0 unspecified atom stereocenters. The van der Waals surface area contributed by atoms with Crippen LogP contribution in [0, 0.1) is 6.92 Å². The maximum absolute atomic E-state index is 5.84. The average Bonchev–Trinajstić information content (AvgIpc) is 2.72. The third-order valence-electron chi connectivity index (χ3n) is 2.82. The third-order valence-corrected chi connectivity index (χ3v) is 3.48. The molecule has 0 spiro atoms. The summed E-state index contributed by atoms with van der Waals surface area (Å²) in [5, 5.41) is 11.3. The maximum Gasteiger partial charge on any atom is 0.134 e. The van der Waals surface area contributed by atoms with Gasteiger partial charge in [-0.15, -0.1) is 10.2 Å². The van der Waals surface area contributed by atoms with Crippen LogP contribution in [0.3, 0.4) is 0 Å². The normalized spacial score (nSPS) is 10.6. The SMILES string of the molecule is Cc1cc(NCCc2nncn2C)c(Br)cc1N. The highest BCUT2D eigenvalue weighted by molar-refractivity contribution is 9.10. The largest absolute Gasteiger partial charge is 0.398 e. The fraction of sp³-hybridized carbons (Fsp3) is 0.333. The van der Waals surface area contributed by atoms with Gasteiger partial charge in [-0.25, -0.2) is 0 Å². The first-order valence-electron chi connectivity index (χ1n) is 5.70. The van der Waals surface area contributed by atoms with Crippen molar-refractivity contribution in [2.24, 2.45) is 7.05 Å². The summed E-state index contributed by atoms with van der Waals surface area (Å²) in [4.78, 5) is 0. The van der Waals surface area contributed by atoms with Gasteiger partial charge in [0.1, 0.15) is 12.2 Å².